The molecule has 4 aromatic rings. The Hall–Kier alpha value is -3.39. The lowest BCUT2D eigenvalue weighted by molar-refractivity contribution is 0.431. The molecule has 0 spiro atoms. The van der Waals surface area contributed by atoms with Crippen molar-refractivity contribution in [2.24, 2.45) is 0 Å². The van der Waals surface area contributed by atoms with Gasteiger partial charge in [0.1, 0.15) is 17.8 Å². The zero-order valence-electron chi connectivity index (χ0n) is 15.7. The Kier molecular flexibility index (Phi) is 3.98. The number of fused-ring (bicyclic) bond motifs is 1. The van der Waals surface area contributed by atoms with Gasteiger partial charge in [-0.05, 0) is 50.1 Å². The number of hydrogen-bond acceptors (Lipinski definition) is 7. The molecule has 1 aliphatic rings. The van der Waals surface area contributed by atoms with E-state index in [4.69, 9.17) is 4.52 Å². The highest BCUT2D eigenvalue weighted by molar-refractivity contribution is 5.66. The van der Waals surface area contributed by atoms with E-state index in [1.54, 1.807) is 6.33 Å². The lowest BCUT2D eigenvalue weighted by atomic mass is 9.95. The van der Waals surface area contributed by atoms with Crippen LogP contribution in [-0.2, 0) is 13.0 Å². The van der Waals surface area contributed by atoms with Gasteiger partial charge in [0.15, 0.2) is 0 Å². The molecular weight excluding hydrogens is 354 g/mol. The van der Waals surface area contributed by atoms with E-state index in [2.05, 4.69) is 30.4 Å². The highest BCUT2D eigenvalue weighted by Crippen LogP contribution is 2.30. The molecule has 1 aliphatic heterocycles. The van der Waals surface area contributed by atoms with Crippen LogP contribution < -0.4 is 5.32 Å². The normalized spacial score (nSPS) is 13.5. The van der Waals surface area contributed by atoms with Crippen molar-refractivity contribution in [3.05, 3.63) is 59.4 Å². The smallest absolute Gasteiger partial charge is 0.278 e. The number of nitrogens with one attached hydrogen (secondary N) is 1. The summed E-state index contributed by atoms with van der Waals surface area (Å²) in [6.45, 7) is 5.68. The molecule has 0 aliphatic carbocycles. The van der Waals surface area contributed by atoms with Gasteiger partial charge in [0.2, 0.25) is 5.82 Å². The molecule has 0 fully saturated rings. The van der Waals surface area contributed by atoms with Crippen LogP contribution in [0.25, 0.3) is 28.8 Å². The van der Waals surface area contributed by atoms with E-state index in [0.29, 0.717) is 17.4 Å². The summed E-state index contributed by atoms with van der Waals surface area (Å²) in [4.78, 5) is 18.0. The number of hydrogen-bond donors (Lipinski definition) is 1. The van der Waals surface area contributed by atoms with Gasteiger partial charge in [-0.3, -0.25) is 9.55 Å². The van der Waals surface area contributed by atoms with Crippen LogP contribution in [-0.4, -0.2) is 36.2 Å². The third kappa shape index (κ3) is 2.87. The van der Waals surface area contributed by atoms with Crippen LogP contribution in [0, 0.1) is 13.8 Å². The fourth-order valence-corrected chi connectivity index (χ4v) is 3.53. The van der Waals surface area contributed by atoms with Crippen LogP contribution in [0.5, 0.6) is 0 Å². The molecule has 8 nitrogen and oxygen atoms in total. The van der Waals surface area contributed by atoms with Gasteiger partial charge in [0.25, 0.3) is 5.89 Å². The monoisotopic (exact) mass is 373 g/mol. The predicted octanol–water partition coefficient (Wildman–Crippen LogP) is 2.64. The first-order valence-corrected chi connectivity index (χ1v) is 9.19. The molecule has 8 heteroatoms. The average Bonchev–Trinajstić information content (AvgIpc) is 3.37. The highest BCUT2D eigenvalue weighted by atomic mass is 16.5. The SMILES string of the molecule is Cc1cccc(-n2cnc(-c3nc(-c4c(C)ncc5c4CCNC5)no3)c2)n1. The van der Waals surface area contributed by atoms with Gasteiger partial charge < -0.3 is 9.84 Å². The molecule has 0 atom stereocenters. The number of aryl methyl sites for hydroxylation is 2. The van der Waals surface area contributed by atoms with Crippen molar-refractivity contribution in [3.8, 4) is 28.8 Å². The van der Waals surface area contributed by atoms with Gasteiger partial charge in [-0.1, -0.05) is 11.2 Å². The number of nitrogens with zero attached hydrogens (tertiary/aromatic N) is 6. The van der Waals surface area contributed by atoms with Crippen LogP contribution in [0.15, 0.2) is 41.4 Å². The number of pyridine rings is 2. The zero-order valence-corrected chi connectivity index (χ0v) is 15.7. The lowest BCUT2D eigenvalue weighted by Gasteiger charge is -2.19. The van der Waals surface area contributed by atoms with E-state index in [-0.39, 0.29) is 0 Å². The van der Waals surface area contributed by atoms with Gasteiger partial charge in [0.05, 0.1) is 0 Å². The average molecular weight is 373 g/mol. The Bertz CT molecular complexity index is 1160. The highest BCUT2D eigenvalue weighted by Gasteiger charge is 2.22. The van der Waals surface area contributed by atoms with E-state index in [0.717, 1.165) is 42.3 Å². The largest absolute Gasteiger partial charge is 0.332 e. The van der Waals surface area contributed by atoms with Crippen molar-refractivity contribution in [2.45, 2.75) is 26.8 Å². The van der Waals surface area contributed by atoms with Gasteiger partial charge in [-0.25, -0.2) is 9.97 Å². The molecule has 4 aromatic heterocycles. The van der Waals surface area contributed by atoms with E-state index in [1.165, 1.54) is 11.1 Å². The van der Waals surface area contributed by atoms with Crippen molar-refractivity contribution >= 4 is 0 Å². The molecule has 0 saturated heterocycles. The predicted molar refractivity (Wildman–Crippen MR) is 103 cm³/mol. The topological polar surface area (TPSA) is 94.6 Å². The Morgan fingerprint density at radius 3 is 2.96 bits per heavy atom. The van der Waals surface area contributed by atoms with Gasteiger partial charge in [-0.15, -0.1) is 0 Å². The Labute approximate surface area is 161 Å². The molecule has 28 heavy (non-hydrogen) atoms. The number of aromatic nitrogens is 6. The molecular formula is C20H19N7O. The molecule has 0 amide bonds. The first kappa shape index (κ1) is 16.8. The van der Waals surface area contributed by atoms with Crippen molar-refractivity contribution in [2.75, 3.05) is 6.54 Å². The van der Waals surface area contributed by atoms with E-state index in [1.807, 2.05) is 49.0 Å². The van der Waals surface area contributed by atoms with Crippen LogP contribution >= 0.6 is 0 Å². The summed E-state index contributed by atoms with van der Waals surface area (Å²) in [5.41, 5.74) is 5.86. The molecule has 0 unspecified atom stereocenters. The first-order valence-electron chi connectivity index (χ1n) is 9.19. The summed E-state index contributed by atoms with van der Waals surface area (Å²) >= 11 is 0. The minimum Gasteiger partial charge on any atom is -0.332 e. The summed E-state index contributed by atoms with van der Waals surface area (Å²) in [6, 6.07) is 5.85. The first-order chi connectivity index (χ1) is 13.7. The summed E-state index contributed by atoms with van der Waals surface area (Å²) in [7, 11) is 0. The molecule has 140 valence electrons. The van der Waals surface area contributed by atoms with E-state index in [9.17, 15) is 0 Å². The van der Waals surface area contributed by atoms with Crippen LogP contribution in [0.3, 0.4) is 0 Å². The zero-order chi connectivity index (χ0) is 19.1. The number of rotatable bonds is 3. The van der Waals surface area contributed by atoms with Gasteiger partial charge in [0, 0.05) is 35.9 Å². The quantitative estimate of drug-likeness (QED) is 0.590. The minimum atomic E-state index is 0.382. The maximum Gasteiger partial charge on any atom is 0.278 e. The molecule has 0 saturated carbocycles. The summed E-state index contributed by atoms with van der Waals surface area (Å²) in [5.74, 6) is 1.73. The fourth-order valence-electron chi connectivity index (χ4n) is 3.53. The minimum absolute atomic E-state index is 0.382. The number of imidazole rings is 1. The fraction of sp³-hybridized carbons (Fsp3) is 0.250. The second-order valence-electron chi connectivity index (χ2n) is 6.88. The van der Waals surface area contributed by atoms with Crippen LogP contribution in [0.4, 0.5) is 0 Å². The van der Waals surface area contributed by atoms with Crippen molar-refractivity contribution in [3.63, 3.8) is 0 Å². The lowest BCUT2D eigenvalue weighted by Crippen LogP contribution is -2.24. The second kappa shape index (κ2) is 6.65. The summed E-state index contributed by atoms with van der Waals surface area (Å²) < 4.78 is 7.37. The molecule has 0 bridgehead atoms. The Morgan fingerprint density at radius 1 is 1.14 bits per heavy atom. The van der Waals surface area contributed by atoms with Gasteiger partial charge in [-0.2, -0.15) is 4.98 Å². The van der Waals surface area contributed by atoms with E-state index < -0.39 is 0 Å². The third-order valence-electron chi connectivity index (χ3n) is 4.92. The molecule has 0 radical (unpaired) electrons. The standard InChI is InChI=1S/C20H19N7O/c1-12-4-3-5-17(24-12)27-10-16(23-11-27)20-25-19(26-28-20)18-13(2)22-9-14-8-21-7-6-15(14)18/h3-5,9-11,21H,6-8H2,1-2H3. The summed E-state index contributed by atoms with van der Waals surface area (Å²) in [6.07, 6.45) is 6.39. The van der Waals surface area contributed by atoms with Crippen molar-refractivity contribution in [1.82, 2.24) is 35.0 Å². The molecule has 5 rings (SSSR count). The summed E-state index contributed by atoms with van der Waals surface area (Å²) in [5, 5.41) is 7.59. The maximum absolute atomic E-state index is 5.52. The molecule has 1 N–H and O–H groups in total. The second-order valence-corrected chi connectivity index (χ2v) is 6.88. The third-order valence-corrected chi connectivity index (χ3v) is 4.92. The molecule has 0 aromatic carbocycles. The maximum atomic E-state index is 5.52. The van der Waals surface area contributed by atoms with Crippen LogP contribution in [0.1, 0.15) is 22.5 Å². The van der Waals surface area contributed by atoms with Crippen LogP contribution in [0.2, 0.25) is 0 Å². The molecule has 5 heterocycles. The van der Waals surface area contributed by atoms with Gasteiger partial charge >= 0.3 is 0 Å². The van der Waals surface area contributed by atoms with Crippen molar-refractivity contribution in [1.29, 1.82) is 0 Å². The Balaban J connectivity index is 1.51. The Morgan fingerprint density at radius 2 is 2.07 bits per heavy atom. The van der Waals surface area contributed by atoms with Crippen molar-refractivity contribution < 1.29 is 4.52 Å². The van der Waals surface area contributed by atoms with E-state index >= 15 is 0 Å².